The van der Waals surface area contributed by atoms with Gasteiger partial charge in [-0.3, -0.25) is 15.1 Å². The number of aryl methyl sites for hydroxylation is 2. The highest BCUT2D eigenvalue weighted by atomic mass is 32.2. The molecule has 1 aliphatic rings. The first-order valence-corrected chi connectivity index (χ1v) is 11.9. The molecule has 1 aliphatic heterocycles. The second-order valence-electron chi connectivity index (χ2n) is 8.15. The van der Waals surface area contributed by atoms with Crippen LogP contribution in [0.2, 0.25) is 0 Å². The number of carbonyl (C=O) groups excluding carboxylic acids is 1. The Kier molecular flexibility index (Phi) is 6.74. The summed E-state index contributed by atoms with van der Waals surface area (Å²) >= 11 is 0. The number of nitrogens with two attached hydrogens (primary N) is 2. The lowest BCUT2D eigenvalue weighted by Gasteiger charge is -2.34. The van der Waals surface area contributed by atoms with Gasteiger partial charge in [-0.1, -0.05) is 42.5 Å². The third-order valence-corrected chi connectivity index (χ3v) is 6.34. The lowest BCUT2D eigenvalue weighted by Crippen LogP contribution is -2.43. The van der Waals surface area contributed by atoms with E-state index in [0.29, 0.717) is 36.2 Å². The summed E-state index contributed by atoms with van der Waals surface area (Å²) in [4.78, 5) is 14.8. The first-order chi connectivity index (χ1) is 16.3. The number of hydrogen-bond donors (Lipinski definition) is 3. The third kappa shape index (κ3) is 4.99. The first kappa shape index (κ1) is 23.2. The van der Waals surface area contributed by atoms with Gasteiger partial charge in [0.1, 0.15) is 12.0 Å². The zero-order chi connectivity index (χ0) is 24.2. The third-order valence-electron chi connectivity index (χ3n) is 5.93. The molecule has 1 heterocycles. The molecule has 5 N–H and O–H groups in total. The summed E-state index contributed by atoms with van der Waals surface area (Å²) in [6, 6.07) is 21.0. The highest BCUT2D eigenvalue weighted by Crippen LogP contribution is 2.35. The molecular weight excluding hydrogens is 450 g/mol. The maximum absolute atomic E-state index is 13.3. The van der Waals surface area contributed by atoms with Crippen LogP contribution in [0.15, 0.2) is 71.1 Å². The van der Waals surface area contributed by atoms with E-state index in [-0.39, 0.29) is 18.2 Å². The smallest absolute Gasteiger partial charge is 0.313 e. The molecule has 1 atom stereocenters. The molecule has 34 heavy (non-hydrogen) atoms. The molecule has 0 saturated heterocycles. The van der Waals surface area contributed by atoms with Gasteiger partial charge >= 0.3 is 10.5 Å². The van der Waals surface area contributed by atoms with Crippen LogP contribution in [0.1, 0.15) is 29.5 Å². The van der Waals surface area contributed by atoms with E-state index in [9.17, 15) is 13.2 Å². The van der Waals surface area contributed by atoms with Crippen LogP contribution in [-0.2, 0) is 28.1 Å². The number of fused-ring (bicyclic) bond motifs is 1. The lowest BCUT2D eigenvalue weighted by molar-refractivity contribution is -0.119. The minimum absolute atomic E-state index is 0.116. The highest BCUT2D eigenvalue weighted by Gasteiger charge is 2.31. The van der Waals surface area contributed by atoms with Crippen molar-refractivity contribution in [2.24, 2.45) is 10.1 Å². The zero-order valence-corrected chi connectivity index (χ0v) is 19.3. The van der Waals surface area contributed by atoms with E-state index in [2.05, 4.69) is 10.4 Å². The number of rotatable bonds is 6. The average Bonchev–Trinajstić information content (AvgIpc) is 2.82. The van der Waals surface area contributed by atoms with Gasteiger partial charge in [0.25, 0.3) is 0 Å². The number of amides is 1. The number of nitrogens with zero attached hydrogens (tertiary/aromatic N) is 2. The number of nitrogen functional groups attached to an aromatic ring is 2. The summed E-state index contributed by atoms with van der Waals surface area (Å²) in [6.07, 6.45) is 0.823. The molecule has 1 amide bonds. The van der Waals surface area contributed by atoms with Crippen molar-refractivity contribution in [2.75, 3.05) is 10.6 Å². The molecule has 0 spiro atoms. The van der Waals surface area contributed by atoms with Gasteiger partial charge in [-0.15, -0.1) is 4.36 Å². The second-order valence-corrected chi connectivity index (χ2v) is 8.80. The van der Waals surface area contributed by atoms with Gasteiger partial charge in [-0.25, -0.2) is 0 Å². The molecule has 8 nitrogen and oxygen atoms in total. The molecular formula is C25H25N5O3S. The zero-order valence-electron chi connectivity index (χ0n) is 18.4. The van der Waals surface area contributed by atoms with E-state index in [0.717, 1.165) is 22.3 Å². The summed E-state index contributed by atoms with van der Waals surface area (Å²) in [6.45, 7) is 0. The second kappa shape index (κ2) is 9.88. The van der Waals surface area contributed by atoms with E-state index in [1.165, 1.54) is 4.90 Å². The standard InChI is InChI=1S/C25H25N5O3S/c26-21-14-16(6-10-20(21)25(27)28)7-13-24(31)30-22-11-8-18(17-4-2-1-3-5-17)15-19(22)9-12-23(30)29-34(32)33/h1-6,8,10-11,14-15,23H,7,9,12-13,26H2,(H3,27,28). The Balaban J connectivity index is 1.61. The van der Waals surface area contributed by atoms with Crippen LogP contribution in [0.3, 0.4) is 0 Å². The number of benzene rings is 3. The summed E-state index contributed by atoms with van der Waals surface area (Å²) in [5.74, 6) is -0.336. The molecule has 0 bridgehead atoms. The normalized spacial score (nSPS) is 14.8. The van der Waals surface area contributed by atoms with Gasteiger partial charge < -0.3 is 11.5 Å². The van der Waals surface area contributed by atoms with Gasteiger partial charge in [0.05, 0.1) is 0 Å². The van der Waals surface area contributed by atoms with Gasteiger partial charge in [-0.2, -0.15) is 8.42 Å². The van der Waals surface area contributed by atoms with Crippen LogP contribution in [0.5, 0.6) is 0 Å². The Labute approximate surface area is 199 Å². The maximum atomic E-state index is 13.3. The van der Waals surface area contributed by atoms with E-state index in [1.807, 2.05) is 42.5 Å². The van der Waals surface area contributed by atoms with Crippen LogP contribution < -0.4 is 16.4 Å². The van der Waals surface area contributed by atoms with Crippen LogP contribution in [-0.4, -0.2) is 26.3 Å². The van der Waals surface area contributed by atoms with E-state index in [1.54, 1.807) is 18.2 Å². The number of amidine groups is 1. The Morgan fingerprint density at radius 3 is 2.50 bits per heavy atom. The fourth-order valence-corrected chi connectivity index (χ4v) is 4.69. The topological polar surface area (TPSA) is 143 Å². The minimum atomic E-state index is -2.63. The number of nitrogens with one attached hydrogen (secondary N) is 1. The average molecular weight is 476 g/mol. The van der Waals surface area contributed by atoms with Crippen LogP contribution >= 0.6 is 0 Å². The van der Waals surface area contributed by atoms with Crippen LogP contribution in [0.4, 0.5) is 11.4 Å². The quantitative estimate of drug-likeness (QED) is 0.284. The number of carbonyl (C=O) groups is 1. The molecule has 0 aromatic heterocycles. The van der Waals surface area contributed by atoms with Crippen molar-refractivity contribution in [1.82, 2.24) is 0 Å². The molecule has 1 unspecified atom stereocenters. The molecule has 0 aliphatic carbocycles. The Morgan fingerprint density at radius 2 is 1.82 bits per heavy atom. The van der Waals surface area contributed by atoms with E-state index in [4.69, 9.17) is 16.9 Å². The molecule has 3 aromatic rings. The fraction of sp³-hybridized carbons (Fsp3) is 0.200. The lowest BCUT2D eigenvalue weighted by atomic mass is 9.94. The van der Waals surface area contributed by atoms with Gasteiger partial charge in [-0.05, 0) is 65.8 Å². The van der Waals surface area contributed by atoms with Crippen LogP contribution in [0.25, 0.3) is 11.1 Å². The van der Waals surface area contributed by atoms with Crippen molar-refractivity contribution in [3.8, 4) is 11.1 Å². The molecule has 174 valence electrons. The van der Waals surface area contributed by atoms with Crippen molar-refractivity contribution < 1.29 is 13.2 Å². The Hall–Kier alpha value is -3.98. The summed E-state index contributed by atoms with van der Waals surface area (Å²) in [7, 11) is -2.63. The minimum Gasteiger partial charge on any atom is -0.398 e. The van der Waals surface area contributed by atoms with Gasteiger partial charge in [0, 0.05) is 23.4 Å². The van der Waals surface area contributed by atoms with Crippen LogP contribution in [0, 0.1) is 5.41 Å². The molecule has 0 saturated carbocycles. The van der Waals surface area contributed by atoms with E-state index < -0.39 is 16.7 Å². The molecule has 0 fully saturated rings. The monoisotopic (exact) mass is 475 g/mol. The molecule has 9 heteroatoms. The van der Waals surface area contributed by atoms with Crippen molar-refractivity contribution in [3.63, 3.8) is 0 Å². The first-order valence-electron chi connectivity index (χ1n) is 10.9. The van der Waals surface area contributed by atoms with Crippen molar-refractivity contribution in [3.05, 3.63) is 83.4 Å². The largest absolute Gasteiger partial charge is 0.398 e. The summed E-state index contributed by atoms with van der Waals surface area (Å²) in [5.41, 5.74) is 16.9. The molecule has 3 aromatic carbocycles. The van der Waals surface area contributed by atoms with Crippen molar-refractivity contribution in [2.45, 2.75) is 31.8 Å². The number of anilines is 2. The predicted molar refractivity (Wildman–Crippen MR) is 133 cm³/mol. The maximum Gasteiger partial charge on any atom is 0.313 e. The highest BCUT2D eigenvalue weighted by molar-refractivity contribution is 7.61. The summed E-state index contributed by atoms with van der Waals surface area (Å²) < 4.78 is 26.5. The summed E-state index contributed by atoms with van der Waals surface area (Å²) in [5, 5.41) is 7.54. The van der Waals surface area contributed by atoms with Gasteiger partial charge in [0.15, 0.2) is 0 Å². The predicted octanol–water partition coefficient (Wildman–Crippen LogP) is 3.52. The van der Waals surface area contributed by atoms with Crippen molar-refractivity contribution >= 4 is 33.6 Å². The van der Waals surface area contributed by atoms with Crippen molar-refractivity contribution in [1.29, 1.82) is 5.41 Å². The fourth-order valence-electron chi connectivity index (χ4n) is 4.29. The Morgan fingerprint density at radius 1 is 1.06 bits per heavy atom. The SMILES string of the molecule is N=C(N)c1ccc(CCC(=O)N2c3ccc(-c4ccccc4)cc3CCC2N=S(=O)=O)cc1N. The molecule has 0 radical (unpaired) electrons. The molecule has 4 rings (SSSR count). The van der Waals surface area contributed by atoms with E-state index >= 15 is 0 Å². The Bertz CT molecular complexity index is 1380. The number of hydrogen-bond acceptors (Lipinski definition) is 6. The van der Waals surface area contributed by atoms with Gasteiger partial charge in [0.2, 0.25) is 5.91 Å².